The minimum atomic E-state index is -0.447. The molecule has 142 valence electrons. The van der Waals surface area contributed by atoms with Crippen molar-refractivity contribution < 1.29 is 4.39 Å². The Morgan fingerprint density at radius 3 is 2.82 bits per heavy atom. The Kier molecular flexibility index (Phi) is 5.23. The lowest BCUT2D eigenvalue weighted by atomic mass is 9.97. The molecule has 0 saturated carbocycles. The van der Waals surface area contributed by atoms with Crippen LogP contribution in [0.3, 0.4) is 0 Å². The van der Waals surface area contributed by atoms with Crippen LogP contribution in [0.5, 0.6) is 0 Å². The summed E-state index contributed by atoms with van der Waals surface area (Å²) in [5, 5.41) is 9.26. The van der Waals surface area contributed by atoms with Crippen molar-refractivity contribution in [3.05, 3.63) is 60.1 Å². The van der Waals surface area contributed by atoms with E-state index in [1.165, 1.54) is 10.6 Å². The third kappa shape index (κ3) is 4.07. The fourth-order valence-electron chi connectivity index (χ4n) is 2.69. The zero-order chi connectivity index (χ0) is 20.3. The molecule has 28 heavy (non-hydrogen) atoms. The maximum atomic E-state index is 13.7. The number of fused-ring (bicyclic) bond motifs is 1. The topological polar surface area (TPSA) is 92.4 Å². The second kappa shape index (κ2) is 7.61. The summed E-state index contributed by atoms with van der Waals surface area (Å²) >= 11 is 0. The lowest BCUT2D eigenvalue weighted by Crippen LogP contribution is -2.09. The highest BCUT2D eigenvalue weighted by molar-refractivity contribution is 6.11. The van der Waals surface area contributed by atoms with E-state index in [0.717, 1.165) is 11.8 Å². The molecule has 2 N–H and O–H groups in total. The average molecular weight is 376 g/mol. The molecule has 0 radical (unpaired) electrons. The molecule has 3 aromatic heterocycles. The highest BCUT2D eigenvalue weighted by Crippen LogP contribution is 2.28. The molecule has 0 unspecified atom stereocenters. The molecule has 0 aliphatic rings. The van der Waals surface area contributed by atoms with Gasteiger partial charge in [-0.25, -0.2) is 9.97 Å². The summed E-state index contributed by atoms with van der Waals surface area (Å²) in [7, 11) is 0. The van der Waals surface area contributed by atoms with Crippen molar-refractivity contribution in [1.82, 2.24) is 14.4 Å². The van der Waals surface area contributed by atoms with Crippen LogP contribution in [0.25, 0.3) is 22.5 Å². The summed E-state index contributed by atoms with van der Waals surface area (Å²) in [6.07, 6.45) is 5.92. The van der Waals surface area contributed by atoms with Crippen LogP contribution >= 0.6 is 0 Å². The van der Waals surface area contributed by atoms with Crippen LogP contribution in [0.1, 0.15) is 32.0 Å². The monoisotopic (exact) mass is 376 g/mol. The van der Waals surface area contributed by atoms with E-state index in [1.54, 1.807) is 36.7 Å². The lowest BCUT2D eigenvalue weighted by Gasteiger charge is -2.14. The van der Waals surface area contributed by atoms with Crippen LogP contribution < -0.4 is 5.73 Å². The van der Waals surface area contributed by atoms with E-state index in [9.17, 15) is 9.65 Å². The number of nitriles is 1. The first-order valence-electron chi connectivity index (χ1n) is 8.78. The first-order valence-corrected chi connectivity index (χ1v) is 8.78. The maximum absolute atomic E-state index is 13.7. The predicted molar refractivity (Wildman–Crippen MR) is 108 cm³/mol. The van der Waals surface area contributed by atoms with E-state index in [0.29, 0.717) is 29.0 Å². The second-order valence-corrected chi connectivity index (χ2v) is 7.58. The predicted octanol–water partition coefficient (Wildman–Crippen LogP) is 3.82. The Hall–Kier alpha value is -3.53. The minimum absolute atomic E-state index is 0.0533. The summed E-state index contributed by atoms with van der Waals surface area (Å²) in [6.45, 7) is 6.94. The van der Waals surface area contributed by atoms with Gasteiger partial charge < -0.3 is 5.73 Å². The lowest BCUT2D eigenvalue weighted by molar-refractivity contribution is 0.430. The van der Waals surface area contributed by atoms with Crippen LogP contribution in [0, 0.1) is 22.7 Å². The fraction of sp³-hybridized carbons (Fsp3) is 0.238. The van der Waals surface area contributed by atoms with Gasteiger partial charge in [-0.3, -0.25) is 9.39 Å². The minimum Gasteiger partial charge on any atom is -0.404 e. The molecule has 0 bridgehead atoms. The first kappa shape index (κ1) is 19.2. The molecule has 0 saturated heterocycles. The van der Waals surface area contributed by atoms with Crippen molar-refractivity contribution in [1.29, 1.82) is 5.26 Å². The Labute approximate surface area is 162 Å². The number of hydrogen-bond donors (Lipinski definition) is 1. The molecule has 3 heterocycles. The highest BCUT2D eigenvalue weighted by Gasteiger charge is 2.14. The molecule has 7 heteroatoms. The van der Waals surface area contributed by atoms with E-state index in [1.807, 2.05) is 6.07 Å². The van der Waals surface area contributed by atoms with Crippen LogP contribution in [0.2, 0.25) is 0 Å². The van der Waals surface area contributed by atoms with Gasteiger partial charge in [0, 0.05) is 41.9 Å². The van der Waals surface area contributed by atoms with Gasteiger partial charge in [-0.1, -0.05) is 20.8 Å². The van der Waals surface area contributed by atoms with Crippen molar-refractivity contribution in [3.8, 4) is 17.3 Å². The molecule has 3 rings (SSSR count). The van der Waals surface area contributed by atoms with E-state index in [2.05, 4.69) is 35.7 Å². The Balaban J connectivity index is 2.10. The van der Waals surface area contributed by atoms with Gasteiger partial charge in [0.15, 0.2) is 0 Å². The van der Waals surface area contributed by atoms with Gasteiger partial charge in [-0.05, 0) is 29.7 Å². The molecular formula is C21H21FN6. The number of nitrogens with two attached hydrogens (primary N) is 1. The van der Waals surface area contributed by atoms with E-state index in [-0.39, 0.29) is 11.1 Å². The summed E-state index contributed by atoms with van der Waals surface area (Å²) in [5.41, 5.74) is 9.31. The van der Waals surface area contributed by atoms with Gasteiger partial charge in [-0.2, -0.15) is 9.65 Å². The normalized spacial score (nSPS) is 12.6. The molecule has 0 spiro atoms. The average Bonchev–Trinajstić information content (AvgIpc) is 3.04. The summed E-state index contributed by atoms with van der Waals surface area (Å²) in [5.74, 6) is -0.447. The Morgan fingerprint density at radius 1 is 1.36 bits per heavy atom. The van der Waals surface area contributed by atoms with Crippen molar-refractivity contribution in [2.24, 2.45) is 16.1 Å². The standard InChI is InChI=1S/C21H21FN6/c1-21(2,3)13-25-11-15(9-23)17-5-4-16(10-24)27-20(17)14-6-7-28-18(22)12-26-19(28)8-14/h4-9,11-12H,13,23H2,1-3H3. The van der Waals surface area contributed by atoms with Crippen molar-refractivity contribution >= 4 is 17.4 Å². The molecule has 3 aromatic rings. The van der Waals surface area contributed by atoms with Crippen molar-refractivity contribution in [3.63, 3.8) is 0 Å². The third-order valence-corrected chi connectivity index (χ3v) is 4.04. The molecule has 0 aliphatic heterocycles. The Bertz CT molecular complexity index is 1110. The van der Waals surface area contributed by atoms with Crippen molar-refractivity contribution in [2.75, 3.05) is 6.54 Å². The van der Waals surface area contributed by atoms with Gasteiger partial charge in [-0.15, -0.1) is 0 Å². The number of imidazole rings is 1. The molecule has 6 nitrogen and oxygen atoms in total. The smallest absolute Gasteiger partial charge is 0.217 e. The number of rotatable bonds is 4. The second-order valence-electron chi connectivity index (χ2n) is 7.58. The Morgan fingerprint density at radius 2 is 2.14 bits per heavy atom. The zero-order valence-corrected chi connectivity index (χ0v) is 16.0. The first-order chi connectivity index (χ1) is 13.3. The number of pyridine rings is 2. The third-order valence-electron chi connectivity index (χ3n) is 4.04. The number of allylic oxidation sites excluding steroid dienone is 1. The number of hydrogen-bond acceptors (Lipinski definition) is 5. The quantitative estimate of drug-likeness (QED) is 0.701. The van der Waals surface area contributed by atoms with E-state index >= 15 is 0 Å². The summed E-state index contributed by atoms with van der Waals surface area (Å²) in [6, 6.07) is 8.92. The van der Waals surface area contributed by atoms with Crippen LogP contribution in [-0.2, 0) is 0 Å². The van der Waals surface area contributed by atoms with E-state index in [4.69, 9.17) is 5.73 Å². The summed E-state index contributed by atoms with van der Waals surface area (Å²) in [4.78, 5) is 13.0. The molecule has 0 fully saturated rings. The van der Waals surface area contributed by atoms with Crippen molar-refractivity contribution in [2.45, 2.75) is 20.8 Å². The largest absolute Gasteiger partial charge is 0.404 e. The zero-order valence-electron chi connectivity index (χ0n) is 16.0. The molecule has 0 aliphatic carbocycles. The molecule has 0 amide bonds. The SMILES string of the molecule is CC(C)(C)CN=CC(=CN)c1ccc(C#N)nc1-c1ccn2c(F)cnc2c1. The molecular weight excluding hydrogens is 355 g/mol. The number of aromatic nitrogens is 3. The highest BCUT2D eigenvalue weighted by atomic mass is 19.1. The van der Waals surface area contributed by atoms with Gasteiger partial charge in [0.1, 0.15) is 17.4 Å². The number of nitrogens with zero attached hydrogens (tertiary/aromatic N) is 5. The molecule has 0 atom stereocenters. The van der Waals surface area contributed by atoms with Crippen LogP contribution in [0.15, 0.2) is 47.9 Å². The number of halogens is 1. The maximum Gasteiger partial charge on any atom is 0.217 e. The van der Waals surface area contributed by atoms with Crippen LogP contribution in [-0.4, -0.2) is 27.1 Å². The van der Waals surface area contributed by atoms with Crippen LogP contribution in [0.4, 0.5) is 4.39 Å². The fourth-order valence-corrected chi connectivity index (χ4v) is 2.69. The number of aliphatic imine (C=N–C) groups is 1. The van der Waals surface area contributed by atoms with Gasteiger partial charge in [0.25, 0.3) is 0 Å². The van der Waals surface area contributed by atoms with Gasteiger partial charge in [0.05, 0.1) is 11.9 Å². The van der Waals surface area contributed by atoms with E-state index < -0.39 is 5.95 Å². The van der Waals surface area contributed by atoms with Gasteiger partial charge >= 0.3 is 0 Å². The van der Waals surface area contributed by atoms with Gasteiger partial charge in [0.2, 0.25) is 5.95 Å². The summed E-state index contributed by atoms with van der Waals surface area (Å²) < 4.78 is 15.0. The molecule has 0 aromatic carbocycles.